The molecular formula is C11H16O2. The van der Waals surface area contributed by atoms with Crippen LogP contribution in [0.25, 0.3) is 0 Å². The van der Waals surface area contributed by atoms with E-state index in [9.17, 15) is 5.11 Å². The fraction of sp³-hybridized carbons (Fsp3) is 0.455. The van der Waals surface area contributed by atoms with Gasteiger partial charge in [0.05, 0.1) is 12.2 Å². The third-order valence-electron chi connectivity index (χ3n) is 2.14. The molecule has 1 atom stereocenters. The molecule has 13 heavy (non-hydrogen) atoms. The summed E-state index contributed by atoms with van der Waals surface area (Å²) in [6.07, 6.45) is 1.39. The molecule has 2 N–H and O–H groups in total. The van der Waals surface area contributed by atoms with Crippen LogP contribution in [0.15, 0.2) is 30.3 Å². The van der Waals surface area contributed by atoms with Gasteiger partial charge in [0.15, 0.2) is 0 Å². The molecule has 0 fully saturated rings. The molecule has 0 aromatic heterocycles. The van der Waals surface area contributed by atoms with Gasteiger partial charge in [-0.2, -0.15) is 0 Å². The molecule has 1 aromatic rings. The Morgan fingerprint density at radius 2 is 1.85 bits per heavy atom. The lowest BCUT2D eigenvalue weighted by Crippen LogP contribution is -2.29. The van der Waals surface area contributed by atoms with Crippen molar-refractivity contribution in [2.75, 3.05) is 6.61 Å². The maximum Gasteiger partial charge on any atom is 0.0852 e. The molecular weight excluding hydrogens is 164 g/mol. The van der Waals surface area contributed by atoms with Crippen molar-refractivity contribution in [3.05, 3.63) is 35.9 Å². The summed E-state index contributed by atoms with van der Waals surface area (Å²) in [7, 11) is 0. The van der Waals surface area contributed by atoms with Crippen LogP contribution in [-0.2, 0) is 6.42 Å². The number of rotatable bonds is 4. The van der Waals surface area contributed by atoms with Crippen LogP contribution in [0.3, 0.4) is 0 Å². The lowest BCUT2D eigenvalue weighted by atomic mass is 9.98. The Morgan fingerprint density at radius 3 is 2.38 bits per heavy atom. The number of aryl methyl sites for hydroxylation is 1. The van der Waals surface area contributed by atoms with Crippen molar-refractivity contribution in [1.82, 2.24) is 0 Å². The second kappa shape index (κ2) is 4.40. The first-order valence-corrected chi connectivity index (χ1v) is 4.51. The minimum Gasteiger partial charge on any atom is -0.393 e. The van der Waals surface area contributed by atoms with E-state index in [0.29, 0.717) is 6.42 Å². The molecule has 0 saturated heterocycles. The largest absolute Gasteiger partial charge is 0.393 e. The van der Waals surface area contributed by atoms with E-state index in [4.69, 9.17) is 5.11 Å². The van der Waals surface area contributed by atoms with Crippen molar-refractivity contribution in [1.29, 1.82) is 0 Å². The molecule has 0 aliphatic rings. The number of benzene rings is 1. The molecule has 0 aliphatic heterocycles. The van der Waals surface area contributed by atoms with E-state index >= 15 is 0 Å². The van der Waals surface area contributed by atoms with Gasteiger partial charge in [-0.05, 0) is 25.3 Å². The average Bonchev–Trinajstić information content (AvgIpc) is 2.17. The van der Waals surface area contributed by atoms with Crippen molar-refractivity contribution in [2.45, 2.75) is 25.4 Å². The molecule has 72 valence electrons. The van der Waals surface area contributed by atoms with Gasteiger partial charge < -0.3 is 10.2 Å². The van der Waals surface area contributed by atoms with E-state index in [-0.39, 0.29) is 6.61 Å². The lowest BCUT2D eigenvalue weighted by molar-refractivity contribution is -0.00474. The summed E-state index contributed by atoms with van der Waals surface area (Å²) in [5.41, 5.74) is 0.242. The Kier molecular flexibility index (Phi) is 3.46. The quantitative estimate of drug-likeness (QED) is 0.734. The minimum absolute atomic E-state index is 0.181. The second-order valence-corrected chi connectivity index (χ2v) is 3.64. The summed E-state index contributed by atoms with van der Waals surface area (Å²) < 4.78 is 0. The number of hydrogen-bond donors (Lipinski definition) is 2. The maximum atomic E-state index is 9.53. The fourth-order valence-corrected chi connectivity index (χ4v) is 1.14. The van der Waals surface area contributed by atoms with Crippen molar-refractivity contribution in [2.24, 2.45) is 0 Å². The third-order valence-corrected chi connectivity index (χ3v) is 2.14. The highest BCUT2D eigenvalue weighted by Gasteiger charge is 2.17. The van der Waals surface area contributed by atoms with E-state index in [1.165, 1.54) is 5.56 Å². The average molecular weight is 180 g/mol. The molecule has 0 saturated carbocycles. The van der Waals surface area contributed by atoms with E-state index in [2.05, 4.69) is 0 Å². The Morgan fingerprint density at radius 1 is 1.23 bits per heavy atom. The van der Waals surface area contributed by atoms with Crippen molar-refractivity contribution < 1.29 is 10.2 Å². The summed E-state index contributed by atoms with van der Waals surface area (Å²) >= 11 is 0. The number of aliphatic hydroxyl groups is 2. The first-order valence-electron chi connectivity index (χ1n) is 4.51. The first kappa shape index (κ1) is 10.2. The van der Waals surface area contributed by atoms with Gasteiger partial charge in [0.1, 0.15) is 0 Å². The van der Waals surface area contributed by atoms with Gasteiger partial charge >= 0.3 is 0 Å². The molecule has 0 heterocycles. The second-order valence-electron chi connectivity index (χ2n) is 3.64. The van der Waals surface area contributed by atoms with Gasteiger partial charge in [-0.15, -0.1) is 0 Å². The predicted octanol–water partition coefficient (Wildman–Crippen LogP) is 1.36. The molecule has 1 rings (SSSR count). The van der Waals surface area contributed by atoms with Crippen LogP contribution >= 0.6 is 0 Å². The van der Waals surface area contributed by atoms with Crippen LogP contribution in [0.5, 0.6) is 0 Å². The highest BCUT2D eigenvalue weighted by molar-refractivity contribution is 5.14. The fourth-order valence-electron chi connectivity index (χ4n) is 1.14. The number of aliphatic hydroxyl groups excluding tert-OH is 1. The van der Waals surface area contributed by atoms with Crippen LogP contribution in [0.1, 0.15) is 18.9 Å². The Balaban J connectivity index is 2.44. The molecule has 2 nitrogen and oxygen atoms in total. The highest BCUT2D eigenvalue weighted by atomic mass is 16.3. The van der Waals surface area contributed by atoms with Crippen LogP contribution in [-0.4, -0.2) is 22.4 Å². The summed E-state index contributed by atoms with van der Waals surface area (Å²) in [6, 6.07) is 9.96. The van der Waals surface area contributed by atoms with Crippen LogP contribution in [0, 0.1) is 0 Å². The van der Waals surface area contributed by atoms with E-state index < -0.39 is 5.60 Å². The highest BCUT2D eigenvalue weighted by Crippen LogP contribution is 2.12. The van der Waals surface area contributed by atoms with Gasteiger partial charge in [0.25, 0.3) is 0 Å². The molecule has 0 unspecified atom stereocenters. The summed E-state index contributed by atoms with van der Waals surface area (Å²) in [5.74, 6) is 0. The topological polar surface area (TPSA) is 40.5 Å². The van der Waals surface area contributed by atoms with Crippen molar-refractivity contribution in [3.8, 4) is 0 Å². The summed E-state index contributed by atoms with van der Waals surface area (Å²) in [5, 5.41) is 18.4. The molecule has 0 spiro atoms. The molecule has 2 heteroatoms. The van der Waals surface area contributed by atoms with Gasteiger partial charge in [0.2, 0.25) is 0 Å². The molecule has 1 aromatic carbocycles. The predicted molar refractivity (Wildman–Crippen MR) is 52.5 cm³/mol. The van der Waals surface area contributed by atoms with Crippen molar-refractivity contribution >= 4 is 0 Å². The van der Waals surface area contributed by atoms with Gasteiger partial charge in [-0.1, -0.05) is 30.3 Å². The monoisotopic (exact) mass is 180 g/mol. The summed E-state index contributed by atoms with van der Waals surface area (Å²) in [6.45, 7) is 1.47. The van der Waals surface area contributed by atoms with Crippen LogP contribution < -0.4 is 0 Å². The van der Waals surface area contributed by atoms with E-state index in [1.54, 1.807) is 6.92 Å². The van der Waals surface area contributed by atoms with Crippen LogP contribution in [0.2, 0.25) is 0 Å². The summed E-state index contributed by atoms with van der Waals surface area (Å²) in [4.78, 5) is 0. The van der Waals surface area contributed by atoms with Gasteiger partial charge in [-0.3, -0.25) is 0 Å². The first-order chi connectivity index (χ1) is 6.14. The normalized spacial score (nSPS) is 15.3. The van der Waals surface area contributed by atoms with Gasteiger partial charge in [-0.25, -0.2) is 0 Å². The molecule has 0 radical (unpaired) electrons. The zero-order valence-electron chi connectivity index (χ0n) is 7.90. The molecule has 0 bridgehead atoms. The molecule has 0 amide bonds. The maximum absolute atomic E-state index is 9.53. The SMILES string of the molecule is C[C@@](O)(CO)CCc1ccccc1. The van der Waals surface area contributed by atoms with Crippen LogP contribution in [0.4, 0.5) is 0 Å². The Bertz CT molecular complexity index is 242. The zero-order chi connectivity index (χ0) is 9.73. The lowest BCUT2D eigenvalue weighted by Gasteiger charge is -2.19. The third kappa shape index (κ3) is 3.57. The Hall–Kier alpha value is -0.860. The zero-order valence-corrected chi connectivity index (χ0v) is 7.90. The standard InChI is InChI=1S/C11H16O2/c1-11(13,9-12)8-7-10-5-3-2-4-6-10/h2-6,12-13H,7-9H2,1H3/t11-/m0/s1. The van der Waals surface area contributed by atoms with Crippen molar-refractivity contribution in [3.63, 3.8) is 0 Å². The smallest absolute Gasteiger partial charge is 0.0852 e. The van der Waals surface area contributed by atoms with E-state index in [0.717, 1.165) is 6.42 Å². The Labute approximate surface area is 78.8 Å². The van der Waals surface area contributed by atoms with Gasteiger partial charge in [0, 0.05) is 0 Å². The molecule has 0 aliphatic carbocycles. The van der Waals surface area contributed by atoms with E-state index in [1.807, 2.05) is 30.3 Å². The minimum atomic E-state index is -0.949. The number of hydrogen-bond acceptors (Lipinski definition) is 2.